The molecule has 0 unspecified atom stereocenters. The number of phenols is 1. The van der Waals surface area contributed by atoms with E-state index in [2.05, 4.69) is 25.7 Å². The van der Waals surface area contributed by atoms with Crippen LogP contribution < -0.4 is 0 Å². The zero-order valence-electron chi connectivity index (χ0n) is 8.74. The zero-order chi connectivity index (χ0) is 12.0. The normalized spacial score (nSPS) is 9.38. The summed E-state index contributed by atoms with van der Waals surface area (Å²) in [7, 11) is 0. The van der Waals surface area contributed by atoms with Crippen LogP contribution in [-0.4, -0.2) is 23.2 Å². The first-order valence-corrected chi connectivity index (χ1v) is 5.49. The second-order valence-electron chi connectivity index (χ2n) is 2.92. The number of aromatic nitrogens is 1. The van der Waals surface area contributed by atoms with Crippen LogP contribution in [0, 0.1) is 0 Å². The number of carbonyl (C=O) groups excluding carboxylic acids is 1. The Kier molecular flexibility index (Phi) is 4.85. The molecule has 5 heteroatoms. The smallest absolute Gasteiger partial charge is 0.293 e. The molecule has 86 valence electrons. The molecule has 16 heavy (non-hydrogen) atoms. The molecule has 2 rings (SSSR count). The minimum Gasteiger partial charge on any atom is -0.507 e. The summed E-state index contributed by atoms with van der Waals surface area (Å²) in [5.41, 5.74) is 1.02. The van der Waals surface area contributed by atoms with Crippen molar-refractivity contribution in [2.75, 3.05) is 6.61 Å². The van der Waals surface area contributed by atoms with Crippen molar-refractivity contribution >= 4 is 33.3 Å². The van der Waals surface area contributed by atoms with E-state index in [-0.39, 0.29) is 5.75 Å². The Morgan fingerprint density at radius 1 is 1.56 bits per heavy atom. The number of nitrogens with one attached hydrogen (secondary N) is 1. The molecule has 0 radical (unpaired) electrons. The Morgan fingerprint density at radius 3 is 2.88 bits per heavy atom. The third kappa shape index (κ3) is 3.27. The quantitative estimate of drug-likeness (QED) is 0.834. The maximum absolute atomic E-state index is 9.27. The van der Waals surface area contributed by atoms with Crippen molar-refractivity contribution in [2.45, 2.75) is 6.92 Å². The van der Waals surface area contributed by atoms with E-state index in [1.165, 1.54) is 0 Å². The molecule has 1 aromatic heterocycles. The van der Waals surface area contributed by atoms with E-state index < -0.39 is 0 Å². The maximum Gasteiger partial charge on any atom is 0.293 e. The molecule has 0 saturated carbocycles. The molecule has 0 atom stereocenters. The molecular formula is C11H12BrNO3. The monoisotopic (exact) mass is 285 g/mol. The van der Waals surface area contributed by atoms with Gasteiger partial charge in [0.15, 0.2) is 0 Å². The Morgan fingerprint density at radius 2 is 2.31 bits per heavy atom. The maximum atomic E-state index is 9.27. The van der Waals surface area contributed by atoms with Crippen LogP contribution in [0.1, 0.15) is 6.92 Å². The number of benzene rings is 1. The summed E-state index contributed by atoms with van der Waals surface area (Å²) in [5.74, 6) is 0.275. The third-order valence-corrected chi connectivity index (χ3v) is 2.49. The van der Waals surface area contributed by atoms with E-state index in [0.717, 1.165) is 10.9 Å². The number of H-pyrrole nitrogens is 1. The second kappa shape index (κ2) is 6.17. The van der Waals surface area contributed by atoms with Gasteiger partial charge in [-0.3, -0.25) is 4.79 Å². The Hall–Kier alpha value is -1.49. The second-order valence-corrected chi connectivity index (χ2v) is 3.77. The van der Waals surface area contributed by atoms with Gasteiger partial charge in [-0.1, -0.05) is 0 Å². The minimum absolute atomic E-state index is 0.275. The van der Waals surface area contributed by atoms with Gasteiger partial charge in [-0.05, 0) is 41.1 Å². The first kappa shape index (κ1) is 12.6. The molecule has 4 nitrogen and oxygen atoms in total. The SMILES string of the molecule is CCOC=O.Oc1cc2cc[nH]c2cc1Br. The molecule has 2 N–H and O–H groups in total. The summed E-state index contributed by atoms with van der Waals surface area (Å²) in [6, 6.07) is 5.49. The average Bonchev–Trinajstić information content (AvgIpc) is 2.68. The van der Waals surface area contributed by atoms with E-state index >= 15 is 0 Å². The lowest BCUT2D eigenvalue weighted by Gasteiger charge is -1.95. The number of aromatic hydroxyl groups is 1. The van der Waals surface area contributed by atoms with Gasteiger partial charge in [0.2, 0.25) is 0 Å². The van der Waals surface area contributed by atoms with Crippen molar-refractivity contribution in [1.29, 1.82) is 0 Å². The molecule has 0 fully saturated rings. The highest BCUT2D eigenvalue weighted by molar-refractivity contribution is 9.10. The van der Waals surface area contributed by atoms with Gasteiger partial charge in [0.05, 0.1) is 11.1 Å². The van der Waals surface area contributed by atoms with Crippen LogP contribution in [0.15, 0.2) is 28.9 Å². The standard InChI is InChI=1S/C8H6BrNO.C3H6O2/c9-6-4-7-5(1-2-10-7)3-8(6)11;1-2-5-3-4/h1-4,10-11H;3H,2H2,1H3. The molecule has 0 aliphatic heterocycles. The van der Waals surface area contributed by atoms with Crippen molar-refractivity contribution in [3.63, 3.8) is 0 Å². The van der Waals surface area contributed by atoms with Crippen molar-refractivity contribution in [2.24, 2.45) is 0 Å². The first-order chi connectivity index (χ1) is 7.69. The van der Waals surface area contributed by atoms with Crippen molar-refractivity contribution in [3.8, 4) is 5.75 Å². The molecule has 0 aliphatic rings. The number of rotatable bonds is 2. The fourth-order valence-electron chi connectivity index (χ4n) is 1.13. The van der Waals surface area contributed by atoms with Gasteiger partial charge in [0.1, 0.15) is 5.75 Å². The Bertz CT molecular complexity index is 431. The van der Waals surface area contributed by atoms with E-state index in [1.807, 2.05) is 18.3 Å². The highest BCUT2D eigenvalue weighted by Crippen LogP contribution is 2.28. The molecular weight excluding hydrogens is 274 g/mol. The van der Waals surface area contributed by atoms with Crippen molar-refractivity contribution in [3.05, 3.63) is 28.9 Å². The van der Waals surface area contributed by atoms with Gasteiger partial charge in [-0.15, -0.1) is 0 Å². The van der Waals surface area contributed by atoms with Gasteiger partial charge in [-0.25, -0.2) is 0 Å². The van der Waals surface area contributed by atoms with Crippen LogP contribution >= 0.6 is 15.9 Å². The lowest BCUT2D eigenvalue weighted by Crippen LogP contribution is -1.80. The molecule has 2 aromatic rings. The lowest BCUT2D eigenvalue weighted by molar-refractivity contribution is -0.128. The number of hydrogen-bond acceptors (Lipinski definition) is 3. The Balaban J connectivity index is 0.000000221. The van der Waals surface area contributed by atoms with Gasteiger partial charge in [-0.2, -0.15) is 0 Å². The predicted molar refractivity (Wildman–Crippen MR) is 65.4 cm³/mol. The topological polar surface area (TPSA) is 62.3 Å². The highest BCUT2D eigenvalue weighted by Gasteiger charge is 2.00. The fourth-order valence-corrected chi connectivity index (χ4v) is 1.47. The highest BCUT2D eigenvalue weighted by atomic mass is 79.9. The van der Waals surface area contributed by atoms with Crippen LogP contribution in [-0.2, 0) is 9.53 Å². The molecule has 0 saturated heterocycles. The van der Waals surface area contributed by atoms with Crippen molar-refractivity contribution in [1.82, 2.24) is 4.98 Å². The number of fused-ring (bicyclic) bond motifs is 1. The number of aromatic amines is 1. The van der Waals surface area contributed by atoms with Crippen LogP contribution in [0.25, 0.3) is 10.9 Å². The Labute approximate surface area is 101 Å². The number of carbonyl (C=O) groups is 1. The molecule has 0 amide bonds. The molecule has 1 heterocycles. The molecule has 1 aromatic carbocycles. The number of hydrogen-bond donors (Lipinski definition) is 2. The average molecular weight is 286 g/mol. The van der Waals surface area contributed by atoms with Crippen molar-refractivity contribution < 1.29 is 14.6 Å². The molecule has 0 aliphatic carbocycles. The van der Waals surface area contributed by atoms with Gasteiger partial charge in [0, 0.05) is 17.1 Å². The third-order valence-electron chi connectivity index (χ3n) is 1.86. The van der Waals surface area contributed by atoms with Crippen LogP contribution in [0.3, 0.4) is 0 Å². The summed E-state index contributed by atoms with van der Waals surface area (Å²) < 4.78 is 4.87. The lowest BCUT2D eigenvalue weighted by atomic mass is 10.2. The summed E-state index contributed by atoms with van der Waals surface area (Å²) in [5, 5.41) is 10.3. The first-order valence-electron chi connectivity index (χ1n) is 4.70. The van der Waals surface area contributed by atoms with Crippen LogP contribution in [0.4, 0.5) is 0 Å². The van der Waals surface area contributed by atoms with E-state index in [0.29, 0.717) is 17.6 Å². The number of halogens is 1. The fraction of sp³-hybridized carbons (Fsp3) is 0.182. The van der Waals surface area contributed by atoms with E-state index in [4.69, 9.17) is 0 Å². The number of phenolic OH excluding ortho intramolecular Hbond substituents is 1. The van der Waals surface area contributed by atoms with Crippen LogP contribution in [0.5, 0.6) is 5.75 Å². The van der Waals surface area contributed by atoms with Gasteiger partial charge in [0.25, 0.3) is 6.47 Å². The molecule has 0 bridgehead atoms. The zero-order valence-corrected chi connectivity index (χ0v) is 10.3. The minimum atomic E-state index is 0.275. The summed E-state index contributed by atoms with van der Waals surface area (Å²) in [4.78, 5) is 12.2. The summed E-state index contributed by atoms with van der Waals surface area (Å²) in [6.07, 6.45) is 1.84. The van der Waals surface area contributed by atoms with E-state index in [1.54, 1.807) is 13.0 Å². The predicted octanol–water partition coefficient (Wildman–Crippen LogP) is 2.82. The summed E-state index contributed by atoms with van der Waals surface area (Å²) in [6.45, 7) is 2.66. The van der Waals surface area contributed by atoms with Crippen LogP contribution in [0.2, 0.25) is 0 Å². The van der Waals surface area contributed by atoms with Gasteiger partial charge < -0.3 is 14.8 Å². The number of ether oxygens (including phenoxy) is 1. The van der Waals surface area contributed by atoms with Gasteiger partial charge >= 0.3 is 0 Å². The largest absolute Gasteiger partial charge is 0.507 e. The molecule has 0 spiro atoms. The summed E-state index contributed by atoms with van der Waals surface area (Å²) >= 11 is 3.23. The van der Waals surface area contributed by atoms with E-state index in [9.17, 15) is 9.90 Å².